The van der Waals surface area contributed by atoms with Crippen LogP contribution in [0.3, 0.4) is 0 Å². The first-order valence-corrected chi connectivity index (χ1v) is 7.83. The second kappa shape index (κ2) is 6.75. The van der Waals surface area contributed by atoms with Gasteiger partial charge in [-0.15, -0.1) is 0 Å². The van der Waals surface area contributed by atoms with E-state index in [4.69, 9.17) is 13.8 Å². The van der Waals surface area contributed by atoms with Crippen LogP contribution < -0.4 is 0 Å². The summed E-state index contributed by atoms with van der Waals surface area (Å²) in [5.74, 6) is 0.228. The first-order chi connectivity index (χ1) is 7.61. The first-order valence-electron chi connectivity index (χ1n) is 6.11. The Hall–Kier alpha value is 0.110. The van der Waals surface area contributed by atoms with E-state index in [0.29, 0.717) is 19.4 Å². The molecule has 0 aromatic rings. The molecule has 1 fully saturated rings. The molecule has 0 saturated carbocycles. The lowest BCUT2D eigenvalue weighted by molar-refractivity contribution is 0.0734. The molecule has 1 rings (SSSR count). The lowest BCUT2D eigenvalue weighted by Gasteiger charge is -2.23. The van der Waals surface area contributed by atoms with Crippen molar-refractivity contribution in [2.45, 2.75) is 39.7 Å². The summed E-state index contributed by atoms with van der Waals surface area (Å²) in [4.78, 5) is 0. The van der Waals surface area contributed by atoms with E-state index in [-0.39, 0.29) is 12.0 Å². The summed E-state index contributed by atoms with van der Waals surface area (Å²) in [6.07, 6.45) is 2.83. The van der Waals surface area contributed by atoms with Crippen molar-refractivity contribution in [2.75, 3.05) is 26.0 Å². The molecule has 2 atom stereocenters. The van der Waals surface area contributed by atoms with E-state index < -0.39 is 7.60 Å². The van der Waals surface area contributed by atoms with Crippen LogP contribution in [0.2, 0.25) is 0 Å². The second-order valence-electron chi connectivity index (χ2n) is 4.16. The van der Waals surface area contributed by atoms with Gasteiger partial charge < -0.3 is 13.8 Å². The molecule has 0 bridgehead atoms. The molecule has 1 saturated heterocycles. The highest BCUT2D eigenvalue weighted by atomic mass is 31.2. The molecule has 0 aromatic heterocycles. The minimum Gasteiger partial charge on any atom is -0.378 e. The third-order valence-corrected chi connectivity index (χ3v) is 5.09. The van der Waals surface area contributed by atoms with Crippen LogP contribution in [0.5, 0.6) is 0 Å². The minimum atomic E-state index is -2.91. The third-order valence-electron chi connectivity index (χ3n) is 2.76. The van der Waals surface area contributed by atoms with Crippen molar-refractivity contribution in [1.82, 2.24) is 0 Å². The zero-order valence-corrected chi connectivity index (χ0v) is 11.4. The van der Waals surface area contributed by atoms with Crippen LogP contribution in [0, 0.1) is 5.92 Å². The lowest BCUT2D eigenvalue weighted by Crippen LogP contribution is -2.21. The van der Waals surface area contributed by atoms with Crippen LogP contribution in [0.25, 0.3) is 0 Å². The van der Waals surface area contributed by atoms with Gasteiger partial charge in [0.15, 0.2) is 0 Å². The quantitative estimate of drug-likeness (QED) is 0.651. The number of ether oxygens (including phenoxy) is 1. The van der Waals surface area contributed by atoms with Crippen LogP contribution in [-0.4, -0.2) is 32.1 Å². The molecule has 0 aliphatic carbocycles. The molecule has 1 heterocycles. The average Bonchev–Trinajstić information content (AvgIpc) is 2.70. The molecule has 0 spiro atoms. The van der Waals surface area contributed by atoms with E-state index in [1.807, 2.05) is 13.8 Å². The molecule has 0 aromatic carbocycles. The van der Waals surface area contributed by atoms with Gasteiger partial charge in [-0.25, -0.2) is 0 Å². The van der Waals surface area contributed by atoms with Crippen LogP contribution in [0.15, 0.2) is 0 Å². The van der Waals surface area contributed by atoms with Crippen molar-refractivity contribution >= 4 is 7.60 Å². The van der Waals surface area contributed by atoms with E-state index in [0.717, 1.165) is 19.4 Å². The van der Waals surface area contributed by atoms with Crippen LogP contribution in [0.4, 0.5) is 0 Å². The maximum absolute atomic E-state index is 12.3. The molecule has 4 nitrogen and oxygen atoms in total. The molecule has 1 aliphatic rings. The van der Waals surface area contributed by atoms with Crippen molar-refractivity contribution in [3.63, 3.8) is 0 Å². The maximum Gasteiger partial charge on any atom is 0.331 e. The summed E-state index contributed by atoms with van der Waals surface area (Å²) < 4.78 is 28.4. The minimum absolute atomic E-state index is 0.217. The lowest BCUT2D eigenvalue weighted by atomic mass is 10.0. The molecule has 96 valence electrons. The largest absolute Gasteiger partial charge is 0.378 e. The van der Waals surface area contributed by atoms with Gasteiger partial charge in [0.2, 0.25) is 0 Å². The summed E-state index contributed by atoms with van der Waals surface area (Å²) in [5, 5.41) is 0. The predicted octanol–water partition coefficient (Wildman–Crippen LogP) is 3.07. The second-order valence-corrected chi connectivity index (χ2v) is 6.26. The fourth-order valence-electron chi connectivity index (χ4n) is 2.06. The van der Waals surface area contributed by atoms with Crippen molar-refractivity contribution in [3.05, 3.63) is 0 Å². The fourth-order valence-corrected chi connectivity index (χ4v) is 4.07. The van der Waals surface area contributed by atoms with Gasteiger partial charge in [-0.05, 0) is 32.6 Å². The monoisotopic (exact) mass is 250 g/mol. The Morgan fingerprint density at radius 1 is 1.38 bits per heavy atom. The Bertz CT molecular complexity index is 228. The molecule has 0 N–H and O–H groups in total. The molecule has 0 radical (unpaired) electrons. The average molecular weight is 250 g/mol. The molecule has 16 heavy (non-hydrogen) atoms. The van der Waals surface area contributed by atoms with Gasteiger partial charge in [-0.3, -0.25) is 4.57 Å². The summed E-state index contributed by atoms with van der Waals surface area (Å²) >= 11 is 0. The standard InChI is InChI=1S/C11H23O4P/c1-4-14-16(12,15-5-2)9-10(3)11-7-6-8-13-11/h10-11H,4-9H2,1-3H3. The molecular weight excluding hydrogens is 227 g/mol. The highest BCUT2D eigenvalue weighted by Gasteiger charge is 2.32. The van der Waals surface area contributed by atoms with Crippen molar-refractivity contribution < 1.29 is 18.3 Å². The number of hydrogen-bond donors (Lipinski definition) is 0. The predicted molar refractivity (Wildman–Crippen MR) is 63.9 cm³/mol. The van der Waals surface area contributed by atoms with Gasteiger partial charge in [0, 0.05) is 6.61 Å². The zero-order chi connectivity index (χ0) is 12.0. The van der Waals surface area contributed by atoms with Gasteiger partial charge in [0.05, 0.1) is 25.5 Å². The first kappa shape index (κ1) is 14.2. The Kier molecular flexibility index (Phi) is 5.98. The molecule has 5 heteroatoms. The van der Waals surface area contributed by atoms with Crippen molar-refractivity contribution in [3.8, 4) is 0 Å². The molecule has 0 amide bonds. The van der Waals surface area contributed by atoms with Crippen LogP contribution >= 0.6 is 7.60 Å². The summed E-state index contributed by atoms with van der Waals surface area (Å²) in [5.41, 5.74) is 0. The van der Waals surface area contributed by atoms with Gasteiger partial charge in [0.25, 0.3) is 0 Å². The zero-order valence-electron chi connectivity index (χ0n) is 10.5. The Morgan fingerprint density at radius 2 is 2.00 bits per heavy atom. The highest BCUT2D eigenvalue weighted by Crippen LogP contribution is 2.50. The topological polar surface area (TPSA) is 44.8 Å². The van der Waals surface area contributed by atoms with Crippen molar-refractivity contribution in [1.29, 1.82) is 0 Å². The van der Waals surface area contributed by atoms with Crippen LogP contribution in [0.1, 0.15) is 33.6 Å². The Labute approximate surface area is 98.2 Å². The van der Waals surface area contributed by atoms with Gasteiger partial charge >= 0.3 is 7.60 Å². The smallest absolute Gasteiger partial charge is 0.331 e. The molecular formula is C11H23O4P. The SMILES string of the molecule is CCOP(=O)(CC(C)C1CCCO1)OCC. The fraction of sp³-hybridized carbons (Fsp3) is 1.00. The highest BCUT2D eigenvalue weighted by molar-refractivity contribution is 7.53. The van der Waals surface area contributed by atoms with E-state index >= 15 is 0 Å². The van der Waals surface area contributed by atoms with E-state index in [1.165, 1.54) is 0 Å². The summed E-state index contributed by atoms with van der Waals surface area (Å²) in [6, 6.07) is 0. The van der Waals surface area contributed by atoms with Gasteiger partial charge in [0.1, 0.15) is 0 Å². The van der Waals surface area contributed by atoms with Gasteiger partial charge in [-0.2, -0.15) is 0 Å². The van der Waals surface area contributed by atoms with E-state index in [1.54, 1.807) is 0 Å². The maximum atomic E-state index is 12.3. The summed E-state index contributed by atoms with van der Waals surface area (Å²) in [6.45, 7) is 7.40. The molecule has 1 aliphatic heterocycles. The normalized spacial score (nSPS) is 23.6. The summed E-state index contributed by atoms with van der Waals surface area (Å²) in [7, 11) is -2.91. The third kappa shape index (κ3) is 4.17. The van der Waals surface area contributed by atoms with Crippen molar-refractivity contribution in [2.24, 2.45) is 5.92 Å². The van der Waals surface area contributed by atoms with E-state index in [9.17, 15) is 4.57 Å². The number of rotatable bonds is 7. The van der Waals surface area contributed by atoms with Crippen LogP contribution in [-0.2, 0) is 18.3 Å². The van der Waals surface area contributed by atoms with Gasteiger partial charge in [-0.1, -0.05) is 6.92 Å². The van der Waals surface area contributed by atoms with E-state index in [2.05, 4.69) is 6.92 Å². The Morgan fingerprint density at radius 3 is 2.44 bits per heavy atom. The number of hydrogen-bond acceptors (Lipinski definition) is 4. The molecule has 2 unspecified atom stereocenters. The Balaban J connectivity index is 2.49.